The molecule has 0 spiro atoms. The van der Waals surface area contributed by atoms with Crippen molar-refractivity contribution < 1.29 is 19.1 Å². The summed E-state index contributed by atoms with van der Waals surface area (Å²) in [6.45, 7) is 7.50. The van der Waals surface area contributed by atoms with Crippen molar-refractivity contribution in [2.45, 2.75) is 45.3 Å². The van der Waals surface area contributed by atoms with Gasteiger partial charge in [0, 0.05) is 23.1 Å². The second-order valence-electron chi connectivity index (χ2n) is 8.55. The first-order valence-corrected chi connectivity index (χ1v) is 14.8. The van der Waals surface area contributed by atoms with E-state index in [0.29, 0.717) is 28.9 Å². The lowest BCUT2D eigenvalue weighted by Gasteiger charge is -2.10. The van der Waals surface area contributed by atoms with Crippen LogP contribution in [0.15, 0.2) is 65.1 Å². The van der Waals surface area contributed by atoms with Crippen LogP contribution in [-0.4, -0.2) is 45.6 Å². The standard InChI is InChI=1S/C29H32N4O4S2/c1-4-7-17-37-22-15-13-21(14-16-22)26-31-32-29(33(26)5-2)39-19-24(34)30-27-25(28(35)36-6-3)23(18-38-27)20-11-9-8-10-12-20/h8-16,18H,4-7,17,19H2,1-3H3,(H,30,34). The number of rotatable bonds is 13. The van der Waals surface area contributed by atoms with Crippen LogP contribution in [0.2, 0.25) is 0 Å². The Morgan fingerprint density at radius 1 is 1.00 bits per heavy atom. The monoisotopic (exact) mass is 564 g/mol. The van der Waals surface area contributed by atoms with Gasteiger partial charge in [0.15, 0.2) is 11.0 Å². The molecule has 2 heterocycles. The minimum absolute atomic E-state index is 0.114. The minimum atomic E-state index is -0.460. The van der Waals surface area contributed by atoms with Crippen LogP contribution in [0.4, 0.5) is 5.00 Å². The van der Waals surface area contributed by atoms with Gasteiger partial charge in [0.05, 0.1) is 19.0 Å². The largest absolute Gasteiger partial charge is 0.494 e. The Balaban J connectivity index is 1.45. The van der Waals surface area contributed by atoms with Gasteiger partial charge in [0.2, 0.25) is 5.91 Å². The molecule has 1 amide bonds. The summed E-state index contributed by atoms with van der Waals surface area (Å²) < 4.78 is 13.0. The van der Waals surface area contributed by atoms with Gasteiger partial charge in [-0.25, -0.2) is 4.79 Å². The van der Waals surface area contributed by atoms with Gasteiger partial charge >= 0.3 is 5.97 Å². The minimum Gasteiger partial charge on any atom is -0.494 e. The first-order valence-electron chi connectivity index (χ1n) is 13.0. The molecule has 0 aliphatic rings. The predicted molar refractivity (Wildman–Crippen MR) is 157 cm³/mol. The molecule has 0 aliphatic heterocycles. The number of hydrogen-bond donors (Lipinski definition) is 1. The molecule has 0 atom stereocenters. The average molecular weight is 565 g/mol. The number of carbonyl (C=O) groups is 2. The molecule has 0 saturated carbocycles. The van der Waals surface area contributed by atoms with Crippen LogP contribution in [0.3, 0.4) is 0 Å². The third kappa shape index (κ3) is 7.07. The lowest BCUT2D eigenvalue weighted by molar-refractivity contribution is -0.113. The molecular weight excluding hydrogens is 532 g/mol. The van der Waals surface area contributed by atoms with E-state index < -0.39 is 5.97 Å². The van der Waals surface area contributed by atoms with Crippen LogP contribution < -0.4 is 10.1 Å². The molecule has 2 aromatic carbocycles. The summed E-state index contributed by atoms with van der Waals surface area (Å²) in [6.07, 6.45) is 2.11. The molecule has 0 unspecified atom stereocenters. The van der Waals surface area contributed by atoms with Crippen LogP contribution in [0.5, 0.6) is 5.75 Å². The maximum atomic E-state index is 12.9. The first kappa shape index (κ1) is 28.4. The van der Waals surface area contributed by atoms with Gasteiger partial charge in [-0.2, -0.15) is 0 Å². The highest BCUT2D eigenvalue weighted by Crippen LogP contribution is 2.36. The van der Waals surface area contributed by atoms with Gasteiger partial charge in [-0.3, -0.25) is 4.79 Å². The van der Waals surface area contributed by atoms with Crippen molar-refractivity contribution in [3.8, 4) is 28.3 Å². The van der Waals surface area contributed by atoms with Crippen molar-refractivity contribution in [3.05, 3.63) is 65.5 Å². The Labute approximate surface area is 236 Å². The molecule has 0 bridgehead atoms. The summed E-state index contributed by atoms with van der Waals surface area (Å²) in [5.74, 6) is 0.969. The topological polar surface area (TPSA) is 95.3 Å². The van der Waals surface area contributed by atoms with Gasteiger partial charge < -0.3 is 19.4 Å². The van der Waals surface area contributed by atoms with E-state index in [-0.39, 0.29) is 18.3 Å². The van der Waals surface area contributed by atoms with Gasteiger partial charge in [-0.15, -0.1) is 21.5 Å². The van der Waals surface area contributed by atoms with E-state index in [4.69, 9.17) is 9.47 Å². The third-order valence-electron chi connectivity index (χ3n) is 5.85. The van der Waals surface area contributed by atoms with E-state index >= 15 is 0 Å². The summed E-state index contributed by atoms with van der Waals surface area (Å²) in [5, 5.41) is 14.6. The Hall–Kier alpha value is -3.63. The number of anilines is 1. The average Bonchev–Trinajstić information content (AvgIpc) is 3.57. The molecule has 1 N–H and O–H groups in total. The second-order valence-corrected chi connectivity index (χ2v) is 10.4. The molecule has 0 saturated heterocycles. The number of ether oxygens (including phenoxy) is 2. The summed E-state index contributed by atoms with van der Waals surface area (Å²) in [5.41, 5.74) is 2.91. The maximum absolute atomic E-state index is 12.9. The van der Waals surface area contributed by atoms with Crippen LogP contribution in [0, 0.1) is 0 Å². The van der Waals surface area contributed by atoms with E-state index in [1.54, 1.807) is 6.92 Å². The quantitative estimate of drug-likeness (QED) is 0.109. The molecule has 0 fully saturated rings. The molecule has 0 aliphatic carbocycles. The van der Waals surface area contributed by atoms with Crippen molar-refractivity contribution >= 4 is 40.0 Å². The highest BCUT2D eigenvalue weighted by molar-refractivity contribution is 7.99. The number of amides is 1. The second kappa shape index (κ2) is 14.0. The predicted octanol–water partition coefficient (Wildman–Crippen LogP) is 6.78. The molecular formula is C29H32N4O4S2. The van der Waals surface area contributed by atoms with E-state index in [0.717, 1.165) is 41.1 Å². The molecule has 4 rings (SSSR count). The number of unbranched alkanes of at least 4 members (excludes halogenated alkanes) is 1. The Bertz CT molecular complexity index is 1380. The van der Waals surface area contributed by atoms with Crippen molar-refractivity contribution in [2.75, 3.05) is 24.3 Å². The van der Waals surface area contributed by atoms with E-state index in [1.165, 1.54) is 23.1 Å². The van der Waals surface area contributed by atoms with Crippen molar-refractivity contribution in [1.82, 2.24) is 14.8 Å². The zero-order valence-corrected chi connectivity index (χ0v) is 23.9. The number of thioether (sulfide) groups is 1. The first-order chi connectivity index (χ1) is 19.0. The number of benzene rings is 2. The van der Waals surface area contributed by atoms with Gasteiger partial charge in [0.1, 0.15) is 16.3 Å². The fraction of sp³-hybridized carbons (Fsp3) is 0.310. The highest BCUT2D eigenvalue weighted by Gasteiger charge is 2.23. The molecule has 8 nitrogen and oxygen atoms in total. The Morgan fingerprint density at radius 2 is 1.77 bits per heavy atom. The Morgan fingerprint density at radius 3 is 2.46 bits per heavy atom. The van der Waals surface area contributed by atoms with E-state index in [2.05, 4.69) is 22.4 Å². The third-order valence-corrected chi connectivity index (χ3v) is 7.72. The SMILES string of the molecule is CCCCOc1ccc(-c2nnc(SCC(=O)Nc3scc(-c4ccccc4)c3C(=O)OCC)n2CC)cc1. The highest BCUT2D eigenvalue weighted by atomic mass is 32.2. The molecule has 10 heteroatoms. The number of nitrogens with one attached hydrogen (secondary N) is 1. The number of thiophene rings is 1. The molecule has 0 radical (unpaired) electrons. The summed E-state index contributed by atoms with van der Waals surface area (Å²) >= 11 is 2.61. The Kier molecular flexibility index (Phi) is 10.2. The zero-order valence-electron chi connectivity index (χ0n) is 22.3. The van der Waals surface area contributed by atoms with Crippen LogP contribution in [0.25, 0.3) is 22.5 Å². The van der Waals surface area contributed by atoms with Gasteiger partial charge in [0.25, 0.3) is 0 Å². The number of esters is 1. The fourth-order valence-corrected chi connectivity index (χ4v) is 5.68. The lowest BCUT2D eigenvalue weighted by atomic mass is 10.0. The maximum Gasteiger partial charge on any atom is 0.341 e. The molecule has 204 valence electrons. The summed E-state index contributed by atoms with van der Waals surface area (Å²) in [4.78, 5) is 25.7. The van der Waals surface area contributed by atoms with Gasteiger partial charge in [-0.1, -0.05) is 55.4 Å². The molecule has 4 aromatic rings. The normalized spacial score (nSPS) is 10.8. The van der Waals surface area contributed by atoms with Crippen molar-refractivity contribution in [1.29, 1.82) is 0 Å². The summed E-state index contributed by atoms with van der Waals surface area (Å²) in [7, 11) is 0. The fourth-order valence-electron chi connectivity index (χ4n) is 3.91. The summed E-state index contributed by atoms with van der Waals surface area (Å²) in [6, 6.07) is 17.4. The zero-order chi connectivity index (χ0) is 27.6. The number of hydrogen-bond acceptors (Lipinski definition) is 8. The lowest BCUT2D eigenvalue weighted by Crippen LogP contribution is -2.16. The molecule has 2 aromatic heterocycles. The number of nitrogens with zero attached hydrogens (tertiary/aromatic N) is 3. The number of aromatic nitrogens is 3. The number of carbonyl (C=O) groups excluding carboxylic acids is 2. The molecule has 39 heavy (non-hydrogen) atoms. The van der Waals surface area contributed by atoms with Crippen LogP contribution in [-0.2, 0) is 16.1 Å². The van der Waals surface area contributed by atoms with Crippen molar-refractivity contribution in [3.63, 3.8) is 0 Å². The smallest absolute Gasteiger partial charge is 0.341 e. The van der Waals surface area contributed by atoms with Crippen molar-refractivity contribution in [2.24, 2.45) is 0 Å². The van der Waals surface area contributed by atoms with E-state index in [9.17, 15) is 9.59 Å². The van der Waals surface area contributed by atoms with Gasteiger partial charge in [-0.05, 0) is 50.1 Å². The van der Waals surface area contributed by atoms with Crippen LogP contribution in [0.1, 0.15) is 44.0 Å². The van der Waals surface area contributed by atoms with Crippen LogP contribution >= 0.6 is 23.1 Å². The van der Waals surface area contributed by atoms with E-state index in [1.807, 2.05) is 71.5 Å².